The number of benzene rings is 1. The number of carbonyl (C=O) groups excluding carboxylic acids is 2. The molecule has 2 heterocycles. The normalized spacial score (nSPS) is 25.0. The summed E-state index contributed by atoms with van der Waals surface area (Å²) in [5.41, 5.74) is 0.961. The van der Waals surface area contributed by atoms with Crippen molar-refractivity contribution in [3.8, 4) is 5.75 Å². The first-order valence-corrected chi connectivity index (χ1v) is 7.42. The van der Waals surface area contributed by atoms with Gasteiger partial charge in [-0.15, -0.1) is 0 Å². The number of amides is 1. The fourth-order valence-electron chi connectivity index (χ4n) is 2.90. The number of aromatic nitrogens is 1. The van der Waals surface area contributed by atoms with E-state index in [1.54, 1.807) is 24.4 Å². The number of pyridine rings is 1. The van der Waals surface area contributed by atoms with Crippen LogP contribution in [0.5, 0.6) is 5.75 Å². The Morgan fingerprint density at radius 1 is 1.38 bits per heavy atom. The zero-order valence-electron chi connectivity index (χ0n) is 12.7. The first kappa shape index (κ1) is 14.8. The zero-order chi connectivity index (χ0) is 16.8. The van der Waals surface area contributed by atoms with E-state index >= 15 is 0 Å². The second-order valence-corrected chi connectivity index (χ2v) is 5.64. The highest BCUT2D eigenvalue weighted by molar-refractivity contribution is 6.04. The Labute approximate surface area is 136 Å². The molecule has 2 aromatic rings. The molecule has 0 radical (unpaired) electrons. The number of methoxy groups -OCH3 is 1. The average Bonchev–Trinajstić information content (AvgIpc) is 3.39. The smallest absolute Gasteiger partial charge is 0.259 e. The van der Waals surface area contributed by atoms with Crippen molar-refractivity contribution in [3.05, 3.63) is 47.8 Å². The molecule has 7 nitrogen and oxygen atoms in total. The molecule has 1 aliphatic carbocycles. The highest BCUT2D eigenvalue weighted by atomic mass is 16.6. The predicted molar refractivity (Wildman–Crippen MR) is 83.5 cm³/mol. The highest BCUT2D eigenvalue weighted by Gasteiger charge is 2.53. The summed E-state index contributed by atoms with van der Waals surface area (Å²) in [5, 5.41) is 13.5. The van der Waals surface area contributed by atoms with Crippen molar-refractivity contribution >= 4 is 22.6 Å². The molecule has 1 saturated heterocycles. The van der Waals surface area contributed by atoms with Crippen molar-refractivity contribution in [2.45, 2.75) is 18.3 Å². The largest absolute Gasteiger partial charge is 0.494 e. The molecule has 1 aromatic carbocycles. The average molecular weight is 326 g/mol. The van der Waals surface area contributed by atoms with Crippen LogP contribution < -0.4 is 10.1 Å². The third-order valence-corrected chi connectivity index (χ3v) is 4.17. The molecule has 0 bridgehead atoms. The second kappa shape index (κ2) is 5.40. The van der Waals surface area contributed by atoms with Crippen LogP contribution in [0.15, 0.2) is 42.2 Å². The molecule has 0 spiro atoms. The van der Waals surface area contributed by atoms with Gasteiger partial charge in [0.25, 0.3) is 5.91 Å². The van der Waals surface area contributed by atoms with E-state index in [2.05, 4.69) is 10.3 Å². The van der Waals surface area contributed by atoms with E-state index in [1.165, 1.54) is 13.2 Å². The number of aliphatic hydroxyl groups excluding tert-OH is 1. The molecule has 1 amide bonds. The zero-order valence-corrected chi connectivity index (χ0v) is 12.7. The number of hydrogen-bond acceptors (Lipinski definition) is 6. The summed E-state index contributed by atoms with van der Waals surface area (Å²) in [5.74, 6) is -0.410. The van der Waals surface area contributed by atoms with Gasteiger partial charge in [-0.05, 0) is 12.1 Å². The van der Waals surface area contributed by atoms with Crippen LogP contribution in [0.3, 0.4) is 0 Å². The Balaban J connectivity index is 1.67. The van der Waals surface area contributed by atoms with E-state index in [9.17, 15) is 14.7 Å². The minimum atomic E-state index is -1.03. The standard InChI is InChI=1S/C17H14N2O5/c1-23-14-9(5-4-8-3-2-6-18-12(8)14)17(22)19-10-7-11(20)15-16(24-15)13(10)21/h2-7,13,15-16,21H,1H3,(H,19,22). The van der Waals surface area contributed by atoms with Gasteiger partial charge < -0.3 is 19.9 Å². The van der Waals surface area contributed by atoms with Crippen LogP contribution >= 0.6 is 0 Å². The Bertz CT molecular complexity index is 892. The first-order chi connectivity index (χ1) is 11.6. The lowest BCUT2D eigenvalue weighted by Gasteiger charge is -2.18. The summed E-state index contributed by atoms with van der Waals surface area (Å²) in [6.07, 6.45) is 0.644. The number of hydrogen-bond donors (Lipinski definition) is 2. The number of nitrogens with one attached hydrogen (secondary N) is 1. The molecule has 2 aliphatic rings. The van der Waals surface area contributed by atoms with Crippen molar-refractivity contribution in [3.63, 3.8) is 0 Å². The number of epoxide rings is 1. The maximum Gasteiger partial charge on any atom is 0.259 e. The number of ketones is 1. The van der Waals surface area contributed by atoms with Crippen LogP contribution in [0.4, 0.5) is 0 Å². The third-order valence-electron chi connectivity index (χ3n) is 4.17. The Morgan fingerprint density at radius 2 is 2.21 bits per heavy atom. The Hall–Kier alpha value is -2.77. The van der Waals surface area contributed by atoms with E-state index in [1.807, 2.05) is 6.07 Å². The van der Waals surface area contributed by atoms with Crippen molar-refractivity contribution in [2.75, 3.05) is 7.11 Å². The maximum absolute atomic E-state index is 12.6. The van der Waals surface area contributed by atoms with E-state index in [0.717, 1.165) is 5.39 Å². The number of fused-ring (bicyclic) bond motifs is 2. The van der Waals surface area contributed by atoms with Gasteiger partial charge in [-0.2, -0.15) is 0 Å². The summed E-state index contributed by atoms with van der Waals surface area (Å²) in [7, 11) is 1.46. The molecule has 122 valence electrons. The fourth-order valence-corrected chi connectivity index (χ4v) is 2.90. The van der Waals surface area contributed by atoms with Crippen molar-refractivity contribution in [2.24, 2.45) is 0 Å². The SMILES string of the molecule is COc1c(C(=O)NC2=CC(=O)C3OC3C2O)ccc2cccnc12. The molecule has 3 atom stereocenters. The molecule has 1 fully saturated rings. The van der Waals surface area contributed by atoms with Crippen molar-refractivity contribution in [1.82, 2.24) is 10.3 Å². The van der Waals surface area contributed by atoms with Gasteiger partial charge in [0.05, 0.1) is 18.4 Å². The van der Waals surface area contributed by atoms with Crippen molar-refractivity contribution in [1.29, 1.82) is 0 Å². The van der Waals surface area contributed by atoms with Crippen LogP contribution in [0.2, 0.25) is 0 Å². The van der Waals surface area contributed by atoms with Crippen LogP contribution in [-0.4, -0.2) is 47.2 Å². The summed E-state index contributed by atoms with van der Waals surface area (Å²) >= 11 is 0. The van der Waals surface area contributed by atoms with Crippen LogP contribution in [0, 0.1) is 0 Å². The summed E-state index contributed by atoms with van der Waals surface area (Å²) < 4.78 is 10.4. The lowest BCUT2D eigenvalue weighted by Crippen LogP contribution is -2.37. The molecular weight excluding hydrogens is 312 g/mol. The second-order valence-electron chi connectivity index (χ2n) is 5.64. The molecule has 0 saturated carbocycles. The quantitative estimate of drug-likeness (QED) is 0.800. The Kier molecular flexibility index (Phi) is 3.33. The van der Waals surface area contributed by atoms with Gasteiger partial charge in [-0.3, -0.25) is 14.6 Å². The first-order valence-electron chi connectivity index (χ1n) is 7.42. The molecule has 1 aromatic heterocycles. The molecule has 1 aliphatic heterocycles. The number of carbonyl (C=O) groups is 2. The van der Waals surface area contributed by atoms with Gasteiger partial charge in [-0.1, -0.05) is 12.1 Å². The van der Waals surface area contributed by atoms with Crippen molar-refractivity contribution < 1.29 is 24.2 Å². The number of nitrogens with zero attached hydrogens (tertiary/aromatic N) is 1. The fraction of sp³-hybridized carbons (Fsp3) is 0.235. The summed E-state index contributed by atoms with van der Waals surface area (Å²) in [6, 6.07) is 7.04. The lowest BCUT2D eigenvalue weighted by atomic mass is 10.00. The number of aliphatic hydroxyl groups is 1. The monoisotopic (exact) mass is 326 g/mol. The summed E-state index contributed by atoms with van der Waals surface area (Å²) in [4.78, 5) is 28.5. The number of ether oxygens (including phenoxy) is 2. The molecule has 3 unspecified atom stereocenters. The Morgan fingerprint density at radius 3 is 3.00 bits per heavy atom. The highest BCUT2D eigenvalue weighted by Crippen LogP contribution is 2.34. The van der Waals surface area contributed by atoms with Crippen LogP contribution in [0.25, 0.3) is 10.9 Å². The van der Waals surface area contributed by atoms with Gasteiger partial charge >= 0.3 is 0 Å². The van der Waals surface area contributed by atoms with Crippen LogP contribution in [-0.2, 0) is 9.53 Å². The molecule has 7 heteroatoms. The molecule has 4 rings (SSSR count). The van der Waals surface area contributed by atoms with Gasteiger partial charge in [0.1, 0.15) is 23.8 Å². The van der Waals surface area contributed by atoms with E-state index < -0.39 is 24.2 Å². The van der Waals surface area contributed by atoms with E-state index in [0.29, 0.717) is 11.3 Å². The van der Waals surface area contributed by atoms with E-state index in [4.69, 9.17) is 9.47 Å². The van der Waals surface area contributed by atoms with Gasteiger partial charge in [0, 0.05) is 17.7 Å². The van der Waals surface area contributed by atoms with Gasteiger partial charge in [0.15, 0.2) is 11.5 Å². The maximum atomic E-state index is 12.6. The molecular formula is C17H14N2O5. The molecule has 2 N–H and O–H groups in total. The predicted octanol–water partition coefficient (Wildman–Crippen LogP) is 0.568. The topological polar surface area (TPSA) is 101 Å². The van der Waals surface area contributed by atoms with Gasteiger partial charge in [-0.25, -0.2) is 0 Å². The minimum Gasteiger partial charge on any atom is -0.494 e. The molecule has 24 heavy (non-hydrogen) atoms. The van der Waals surface area contributed by atoms with Crippen LogP contribution in [0.1, 0.15) is 10.4 Å². The lowest BCUT2D eigenvalue weighted by molar-refractivity contribution is -0.116. The summed E-state index contributed by atoms with van der Waals surface area (Å²) in [6.45, 7) is 0. The minimum absolute atomic E-state index is 0.131. The van der Waals surface area contributed by atoms with E-state index in [-0.39, 0.29) is 17.0 Å². The van der Waals surface area contributed by atoms with Gasteiger partial charge in [0.2, 0.25) is 0 Å². The number of rotatable bonds is 3. The third kappa shape index (κ3) is 2.26.